The molecule has 30 heavy (non-hydrogen) atoms. The van der Waals surface area contributed by atoms with Crippen LogP contribution in [0, 0.1) is 0 Å². The van der Waals surface area contributed by atoms with Crippen molar-refractivity contribution >= 4 is 44.8 Å². The van der Waals surface area contributed by atoms with E-state index < -0.39 is 10.0 Å². The number of carbonyl (C=O) groups excluding carboxylic acids is 2. The molecule has 1 N–H and O–H groups in total. The standard InChI is InChI=1S/C21H22ClN3O4S/c22-16-6-4-15(5-7-16)12-21(27)25-14-20(26)23-18-13-17(8-9-19(18)25)30(28,29)24-10-2-1-3-11-24/h4-9,13H,1-3,10-12,14H2,(H,23,26). The van der Waals surface area contributed by atoms with Gasteiger partial charge in [0.2, 0.25) is 21.8 Å². The van der Waals surface area contributed by atoms with Crippen molar-refractivity contribution in [3.63, 3.8) is 0 Å². The molecule has 2 amide bonds. The van der Waals surface area contributed by atoms with Gasteiger partial charge in [-0.15, -0.1) is 0 Å². The number of rotatable bonds is 4. The van der Waals surface area contributed by atoms with E-state index in [4.69, 9.17) is 11.6 Å². The van der Waals surface area contributed by atoms with E-state index in [-0.39, 0.29) is 29.7 Å². The van der Waals surface area contributed by atoms with Gasteiger partial charge in [0.15, 0.2) is 0 Å². The zero-order valence-electron chi connectivity index (χ0n) is 16.3. The molecule has 0 unspecified atom stereocenters. The molecule has 0 spiro atoms. The molecular weight excluding hydrogens is 426 g/mol. The molecule has 0 aliphatic carbocycles. The fourth-order valence-corrected chi connectivity index (χ4v) is 5.45. The van der Waals surface area contributed by atoms with Gasteiger partial charge in [-0.25, -0.2) is 8.42 Å². The summed E-state index contributed by atoms with van der Waals surface area (Å²) in [6, 6.07) is 11.5. The lowest BCUT2D eigenvalue weighted by Gasteiger charge is -2.30. The van der Waals surface area contributed by atoms with Crippen LogP contribution in [-0.4, -0.2) is 44.2 Å². The highest BCUT2D eigenvalue weighted by Crippen LogP contribution is 2.33. The SMILES string of the molecule is O=C1CN(C(=O)Cc2ccc(Cl)cc2)c2ccc(S(=O)(=O)N3CCCCC3)cc2N1. The summed E-state index contributed by atoms with van der Waals surface area (Å²) in [4.78, 5) is 26.6. The van der Waals surface area contributed by atoms with E-state index in [0.717, 1.165) is 24.8 Å². The molecule has 1 saturated heterocycles. The summed E-state index contributed by atoms with van der Waals surface area (Å²) in [5.41, 5.74) is 1.60. The van der Waals surface area contributed by atoms with Crippen LogP contribution in [0.5, 0.6) is 0 Å². The molecule has 9 heteroatoms. The Bertz CT molecular complexity index is 1080. The van der Waals surface area contributed by atoms with Gasteiger partial charge in [0.25, 0.3) is 0 Å². The molecule has 0 aromatic heterocycles. The van der Waals surface area contributed by atoms with Crippen molar-refractivity contribution in [3.05, 3.63) is 53.1 Å². The van der Waals surface area contributed by atoms with E-state index in [0.29, 0.717) is 29.5 Å². The monoisotopic (exact) mass is 447 g/mol. The van der Waals surface area contributed by atoms with Gasteiger partial charge in [0.1, 0.15) is 6.54 Å². The zero-order chi connectivity index (χ0) is 21.3. The molecule has 2 aliphatic heterocycles. The molecule has 7 nitrogen and oxygen atoms in total. The van der Waals surface area contributed by atoms with Crippen LogP contribution in [0.15, 0.2) is 47.4 Å². The number of sulfonamides is 1. The van der Waals surface area contributed by atoms with Crippen molar-refractivity contribution in [2.75, 3.05) is 29.9 Å². The number of benzene rings is 2. The molecule has 2 heterocycles. The van der Waals surface area contributed by atoms with E-state index >= 15 is 0 Å². The topological polar surface area (TPSA) is 86.8 Å². The Morgan fingerprint density at radius 1 is 1.03 bits per heavy atom. The molecule has 158 valence electrons. The first-order chi connectivity index (χ1) is 14.3. The zero-order valence-corrected chi connectivity index (χ0v) is 17.9. The van der Waals surface area contributed by atoms with E-state index in [1.165, 1.54) is 21.3 Å². The minimum Gasteiger partial charge on any atom is -0.323 e. The number of hydrogen-bond acceptors (Lipinski definition) is 4. The van der Waals surface area contributed by atoms with Crippen molar-refractivity contribution in [1.82, 2.24) is 4.31 Å². The summed E-state index contributed by atoms with van der Waals surface area (Å²) in [6.45, 7) is 0.882. The summed E-state index contributed by atoms with van der Waals surface area (Å²) in [5, 5.41) is 3.28. The number of amides is 2. The van der Waals surface area contributed by atoms with Crippen LogP contribution in [0.25, 0.3) is 0 Å². The fraction of sp³-hybridized carbons (Fsp3) is 0.333. The highest BCUT2D eigenvalue weighted by atomic mass is 35.5. The van der Waals surface area contributed by atoms with E-state index in [1.54, 1.807) is 30.3 Å². The lowest BCUT2D eigenvalue weighted by Crippen LogP contribution is -2.43. The summed E-state index contributed by atoms with van der Waals surface area (Å²) in [5.74, 6) is -0.612. The average Bonchev–Trinajstić information content (AvgIpc) is 2.74. The Labute approximate surface area is 180 Å². The van der Waals surface area contributed by atoms with Crippen molar-refractivity contribution in [1.29, 1.82) is 0 Å². The summed E-state index contributed by atoms with van der Waals surface area (Å²) < 4.78 is 27.4. The fourth-order valence-electron chi connectivity index (χ4n) is 3.78. The van der Waals surface area contributed by atoms with Crippen LogP contribution in [-0.2, 0) is 26.0 Å². The second kappa shape index (κ2) is 8.37. The number of fused-ring (bicyclic) bond motifs is 1. The highest BCUT2D eigenvalue weighted by molar-refractivity contribution is 7.89. The Hall–Kier alpha value is -2.42. The maximum atomic E-state index is 13.0. The lowest BCUT2D eigenvalue weighted by atomic mass is 10.1. The predicted octanol–water partition coefficient (Wildman–Crippen LogP) is 3.04. The van der Waals surface area contributed by atoms with Crippen LogP contribution < -0.4 is 10.2 Å². The normalized spacial score (nSPS) is 17.4. The second-order valence-electron chi connectivity index (χ2n) is 7.48. The number of nitrogens with one attached hydrogen (secondary N) is 1. The molecule has 2 aromatic carbocycles. The highest BCUT2D eigenvalue weighted by Gasteiger charge is 2.31. The van der Waals surface area contributed by atoms with Gasteiger partial charge in [-0.2, -0.15) is 4.31 Å². The Kier molecular flexibility index (Phi) is 5.81. The van der Waals surface area contributed by atoms with Crippen LogP contribution in [0.4, 0.5) is 11.4 Å². The van der Waals surface area contributed by atoms with Crippen molar-refractivity contribution in [2.45, 2.75) is 30.6 Å². The first-order valence-electron chi connectivity index (χ1n) is 9.83. The molecule has 0 radical (unpaired) electrons. The van der Waals surface area contributed by atoms with E-state index in [9.17, 15) is 18.0 Å². The van der Waals surface area contributed by atoms with Gasteiger partial charge in [0, 0.05) is 18.1 Å². The van der Waals surface area contributed by atoms with Gasteiger partial charge >= 0.3 is 0 Å². The molecule has 0 atom stereocenters. The predicted molar refractivity (Wildman–Crippen MR) is 115 cm³/mol. The third-order valence-electron chi connectivity index (χ3n) is 5.36. The van der Waals surface area contributed by atoms with Gasteiger partial charge in [-0.1, -0.05) is 30.2 Å². The number of hydrogen-bond donors (Lipinski definition) is 1. The first kappa shape index (κ1) is 20.8. The van der Waals surface area contributed by atoms with Crippen molar-refractivity contribution in [2.24, 2.45) is 0 Å². The lowest BCUT2D eigenvalue weighted by molar-refractivity contribution is -0.121. The van der Waals surface area contributed by atoms with Crippen molar-refractivity contribution < 1.29 is 18.0 Å². The van der Waals surface area contributed by atoms with Crippen LogP contribution >= 0.6 is 11.6 Å². The van der Waals surface area contributed by atoms with Crippen molar-refractivity contribution in [3.8, 4) is 0 Å². The molecule has 2 aromatic rings. The van der Waals surface area contributed by atoms with E-state index in [2.05, 4.69) is 5.32 Å². The maximum Gasteiger partial charge on any atom is 0.244 e. The maximum absolute atomic E-state index is 13.0. The smallest absolute Gasteiger partial charge is 0.244 e. The van der Waals surface area contributed by atoms with Gasteiger partial charge in [-0.3, -0.25) is 9.59 Å². The average molecular weight is 448 g/mol. The molecular formula is C21H22ClN3O4S. The van der Waals surface area contributed by atoms with E-state index in [1.807, 2.05) is 0 Å². The number of anilines is 2. The second-order valence-corrected chi connectivity index (χ2v) is 9.85. The Balaban J connectivity index is 1.61. The molecule has 1 fully saturated rings. The molecule has 4 rings (SSSR count). The van der Waals surface area contributed by atoms with Gasteiger partial charge < -0.3 is 10.2 Å². The van der Waals surface area contributed by atoms with Crippen LogP contribution in [0.2, 0.25) is 5.02 Å². The molecule has 2 aliphatic rings. The first-order valence-corrected chi connectivity index (χ1v) is 11.7. The van der Waals surface area contributed by atoms with Gasteiger partial charge in [-0.05, 0) is 48.7 Å². The summed E-state index contributed by atoms with van der Waals surface area (Å²) in [7, 11) is -3.64. The Morgan fingerprint density at radius 3 is 2.43 bits per heavy atom. The molecule has 0 bridgehead atoms. The minimum absolute atomic E-state index is 0.109. The number of nitrogens with zero attached hydrogens (tertiary/aromatic N) is 2. The quantitative estimate of drug-likeness (QED) is 0.780. The minimum atomic E-state index is -3.64. The molecule has 0 saturated carbocycles. The number of halogens is 1. The van der Waals surface area contributed by atoms with Crippen LogP contribution in [0.3, 0.4) is 0 Å². The third-order valence-corrected chi connectivity index (χ3v) is 7.50. The third kappa shape index (κ3) is 4.21. The Morgan fingerprint density at radius 2 is 1.73 bits per heavy atom. The summed E-state index contributed by atoms with van der Waals surface area (Å²) in [6.07, 6.45) is 2.82. The number of carbonyl (C=O) groups is 2. The largest absolute Gasteiger partial charge is 0.323 e. The number of piperidine rings is 1. The van der Waals surface area contributed by atoms with Crippen LogP contribution in [0.1, 0.15) is 24.8 Å². The van der Waals surface area contributed by atoms with Gasteiger partial charge in [0.05, 0.1) is 22.7 Å². The summed E-state index contributed by atoms with van der Waals surface area (Å²) >= 11 is 5.89.